The lowest BCUT2D eigenvalue weighted by molar-refractivity contribution is -0.128. The van der Waals surface area contributed by atoms with Gasteiger partial charge in [-0.05, 0) is 0 Å². The molecule has 6 nitrogen and oxygen atoms in total. The first-order valence-corrected chi connectivity index (χ1v) is 6.04. The van der Waals surface area contributed by atoms with Crippen LogP contribution in [0.15, 0.2) is 12.5 Å². The quantitative estimate of drug-likeness (QED) is 0.668. The van der Waals surface area contributed by atoms with Crippen molar-refractivity contribution < 1.29 is 9.53 Å². The molecule has 1 N–H and O–H groups in total. The summed E-state index contributed by atoms with van der Waals surface area (Å²) in [6.07, 6.45) is 4.07. The summed E-state index contributed by atoms with van der Waals surface area (Å²) in [6, 6.07) is 0. The molecule has 102 valence electrons. The summed E-state index contributed by atoms with van der Waals surface area (Å²) >= 11 is 0. The van der Waals surface area contributed by atoms with Gasteiger partial charge in [0.05, 0.1) is 18.6 Å². The van der Waals surface area contributed by atoms with Crippen LogP contribution in [0.3, 0.4) is 0 Å². The van der Waals surface area contributed by atoms with Gasteiger partial charge in [0.25, 0.3) is 0 Å². The Bertz CT molecular complexity index is 363. The lowest BCUT2D eigenvalue weighted by Gasteiger charge is -2.12. The maximum atomic E-state index is 11.5. The first-order valence-electron chi connectivity index (χ1n) is 6.04. The van der Waals surface area contributed by atoms with Gasteiger partial charge in [-0.25, -0.2) is 4.98 Å². The highest BCUT2D eigenvalue weighted by Crippen LogP contribution is 2.01. The van der Waals surface area contributed by atoms with Crippen molar-refractivity contribution in [1.29, 1.82) is 0 Å². The Hall–Kier alpha value is -1.40. The first-order chi connectivity index (χ1) is 8.65. The lowest BCUT2D eigenvalue weighted by Crippen LogP contribution is -2.24. The summed E-state index contributed by atoms with van der Waals surface area (Å²) in [4.78, 5) is 17.2. The number of imidazole rings is 1. The number of methoxy groups -OCH3 is 1. The molecule has 1 heterocycles. The van der Waals surface area contributed by atoms with Crippen LogP contribution in [0.1, 0.15) is 12.1 Å². The summed E-state index contributed by atoms with van der Waals surface area (Å²) in [6.45, 7) is 2.89. The molecule has 0 saturated heterocycles. The molecule has 0 aromatic carbocycles. The number of hydrogen-bond donors (Lipinski definition) is 1. The number of carbonyl (C=O) groups excluding carboxylic acids is 1. The van der Waals surface area contributed by atoms with E-state index in [1.165, 1.54) is 0 Å². The van der Waals surface area contributed by atoms with Crippen molar-refractivity contribution in [3.8, 4) is 0 Å². The van der Waals surface area contributed by atoms with Crippen LogP contribution in [0.4, 0.5) is 0 Å². The van der Waals surface area contributed by atoms with Crippen molar-refractivity contribution in [2.24, 2.45) is 0 Å². The zero-order chi connectivity index (χ0) is 13.4. The van der Waals surface area contributed by atoms with Crippen molar-refractivity contribution in [3.63, 3.8) is 0 Å². The average molecular weight is 254 g/mol. The van der Waals surface area contributed by atoms with E-state index in [2.05, 4.69) is 10.3 Å². The van der Waals surface area contributed by atoms with Gasteiger partial charge in [-0.1, -0.05) is 0 Å². The topological polar surface area (TPSA) is 59.4 Å². The van der Waals surface area contributed by atoms with E-state index in [9.17, 15) is 4.79 Å². The predicted octanol–water partition coefficient (Wildman–Crippen LogP) is 0.0974. The fraction of sp³-hybridized carbons (Fsp3) is 0.667. The lowest BCUT2D eigenvalue weighted by atomic mass is 10.3. The van der Waals surface area contributed by atoms with Crippen molar-refractivity contribution in [3.05, 3.63) is 18.2 Å². The Labute approximate surface area is 108 Å². The normalized spacial score (nSPS) is 10.6. The third kappa shape index (κ3) is 4.85. The molecule has 6 heteroatoms. The molecular weight excluding hydrogens is 232 g/mol. The van der Waals surface area contributed by atoms with Crippen LogP contribution in [0, 0.1) is 0 Å². The summed E-state index contributed by atoms with van der Waals surface area (Å²) in [5.41, 5.74) is 1.08. The minimum atomic E-state index is 0.127. The molecule has 1 aromatic heterocycles. The molecule has 1 rings (SSSR count). The van der Waals surface area contributed by atoms with Crippen molar-refractivity contribution in [1.82, 2.24) is 19.8 Å². The molecule has 0 aliphatic rings. The molecule has 1 aromatic rings. The SMILES string of the molecule is COCCNCc1cncn1CCC(=O)N(C)C. The number of aryl methyl sites for hydroxylation is 1. The summed E-state index contributed by atoms with van der Waals surface area (Å²) in [5, 5.41) is 3.26. The smallest absolute Gasteiger partial charge is 0.223 e. The highest BCUT2D eigenvalue weighted by atomic mass is 16.5. The minimum absolute atomic E-state index is 0.127. The van der Waals surface area contributed by atoms with Crippen molar-refractivity contribution in [2.75, 3.05) is 34.4 Å². The van der Waals surface area contributed by atoms with Crippen LogP contribution in [0.25, 0.3) is 0 Å². The molecule has 0 saturated carbocycles. The number of aromatic nitrogens is 2. The first kappa shape index (κ1) is 14.7. The van der Waals surface area contributed by atoms with Gasteiger partial charge in [-0.2, -0.15) is 0 Å². The van der Waals surface area contributed by atoms with E-state index in [-0.39, 0.29) is 5.91 Å². The molecule has 18 heavy (non-hydrogen) atoms. The standard InChI is InChI=1S/C12H22N4O2/c1-15(2)12(17)4-6-16-10-14-9-11(16)8-13-5-7-18-3/h9-10,13H,4-8H2,1-3H3. The van der Waals surface area contributed by atoms with Crippen molar-refractivity contribution >= 4 is 5.91 Å². The third-order valence-electron chi connectivity index (χ3n) is 2.65. The number of carbonyl (C=O) groups is 1. The minimum Gasteiger partial charge on any atom is -0.383 e. The van der Waals surface area contributed by atoms with Crippen LogP contribution in [-0.2, 0) is 22.6 Å². The monoisotopic (exact) mass is 254 g/mol. The maximum absolute atomic E-state index is 11.5. The summed E-state index contributed by atoms with van der Waals surface area (Å²) in [7, 11) is 5.21. The Morgan fingerprint density at radius 2 is 2.33 bits per heavy atom. The highest BCUT2D eigenvalue weighted by molar-refractivity contribution is 5.75. The molecule has 0 radical (unpaired) electrons. The van der Waals surface area contributed by atoms with Crippen LogP contribution in [0.2, 0.25) is 0 Å². The van der Waals surface area contributed by atoms with E-state index in [4.69, 9.17) is 4.74 Å². The van der Waals surface area contributed by atoms with Gasteiger partial charge in [-0.3, -0.25) is 4.79 Å². The summed E-state index contributed by atoms with van der Waals surface area (Å²) < 4.78 is 6.96. The fourth-order valence-electron chi connectivity index (χ4n) is 1.53. The number of nitrogens with one attached hydrogen (secondary N) is 1. The molecule has 0 bridgehead atoms. The van der Waals surface area contributed by atoms with Gasteiger partial charge >= 0.3 is 0 Å². The van der Waals surface area contributed by atoms with E-state index in [1.54, 1.807) is 32.4 Å². The van der Waals surface area contributed by atoms with Gasteiger partial charge in [-0.15, -0.1) is 0 Å². The molecule has 0 unspecified atom stereocenters. The Kier molecular flexibility index (Phi) is 6.38. The zero-order valence-electron chi connectivity index (χ0n) is 11.3. The second-order valence-electron chi connectivity index (χ2n) is 4.29. The zero-order valence-corrected chi connectivity index (χ0v) is 11.3. The third-order valence-corrected chi connectivity index (χ3v) is 2.65. The molecule has 0 aliphatic heterocycles. The number of amides is 1. The van der Waals surface area contributed by atoms with Crippen LogP contribution < -0.4 is 5.32 Å². The van der Waals surface area contributed by atoms with Crippen LogP contribution in [0.5, 0.6) is 0 Å². The van der Waals surface area contributed by atoms with Gasteiger partial charge in [0.1, 0.15) is 0 Å². The van der Waals surface area contributed by atoms with Gasteiger partial charge < -0.3 is 19.5 Å². The Balaban J connectivity index is 2.37. The number of hydrogen-bond acceptors (Lipinski definition) is 4. The average Bonchev–Trinajstić information content (AvgIpc) is 2.79. The van der Waals surface area contributed by atoms with E-state index in [0.29, 0.717) is 19.6 Å². The predicted molar refractivity (Wildman–Crippen MR) is 69.1 cm³/mol. The van der Waals surface area contributed by atoms with E-state index in [0.717, 1.165) is 18.8 Å². The molecule has 0 spiro atoms. The van der Waals surface area contributed by atoms with Crippen molar-refractivity contribution in [2.45, 2.75) is 19.5 Å². The van der Waals surface area contributed by atoms with Gasteiger partial charge in [0, 0.05) is 53.5 Å². The van der Waals surface area contributed by atoms with Gasteiger partial charge in [0.2, 0.25) is 5.91 Å². The van der Waals surface area contributed by atoms with E-state index >= 15 is 0 Å². The number of ether oxygens (including phenoxy) is 1. The highest BCUT2D eigenvalue weighted by Gasteiger charge is 2.06. The Morgan fingerprint density at radius 1 is 1.56 bits per heavy atom. The Morgan fingerprint density at radius 3 is 3.00 bits per heavy atom. The molecule has 0 atom stereocenters. The largest absolute Gasteiger partial charge is 0.383 e. The van der Waals surface area contributed by atoms with Gasteiger partial charge in [0.15, 0.2) is 0 Å². The number of rotatable bonds is 8. The molecule has 0 fully saturated rings. The fourth-order valence-corrected chi connectivity index (χ4v) is 1.53. The molecule has 0 aliphatic carbocycles. The maximum Gasteiger partial charge on any atom is 0.223 e. The summed E-state index contributed by atoms with van der Waals surface area (Å²) in [5.74, 6) is 0.127. The molecule has 1 amide bonds. The molecular formula is C12H22N4O2. The van der Waals surface area contributed by atoms with E-state index in [1.807, 2.05) is 10.8 Å². The van der Waals surface area contributed by atoms with Crippen LogP contribution >= 0.6 is 0 Å². The number of nitrogens with zero attached hydrogens (tertiary/aromatic N) is 3. The van der Waals surface area contributed by atoms with Crippen LogP contribution in [-0.4, -0.2) is 54.7 Å². The second-order valence-corrected chi connectivity index (χ2v) is 4.29. The van der Waals surface area contributed by atoms with E-state index < -0.39 is 0 Å². The second kappa shape index (κ2) is 7.84.